The molecular weight excluding hydrogens is 503 g/mol. The van der Waals surface area contributed by atoms with E-state index in [9.17, 15) is 19.5 Å². The van der Waals surface area contributed by atoms with Crippen LogP contribution in [0, 0.1) is 18.8 Å². The van der Waals surface area contributed by atoms with Crippen molar-refractivity contribution in [3.8, 4) is 0 Å². The largest absolute Gasteiger partial charge is 0.477 e. The zero-order valence-electron chi connectivity index (χ0n) is 18.3. The predicted molar refractivity (Wildman–Crippen MR) is 128 cm³/mol. The van der Waals surface area contributed by atoms with Gasteiger partial charge in [-0.15, -0.1) is 0 Å². The number of amides is 2. The lowest BCUT2D eigenvalue weighted by Gasteiger charge is -2.19. The number of nitrogens with zero attached hydrogens (tertiary/aromatic N) is 3. The molecular formula is C21H24Cl2N6O4S. The molecule has 5 rings (SSSR count). The van der Waals surface area contributed by atoms with Gasteiger partial charge in [-0.05, 0) is 13.3 Å². The molecule has 2 aromatic heterocycles. The maximum atomic E-state index is 12.6. The van der Waals surface area contributed by atoms with Gasteiger partial charge >= 0.3 is 5.97 Å². The van der Waals surface area contributed by atoms with Gasteiger partial charge in [0.15, 0.2) is 5.13 Å². The summed E-state index contributed by atoms with van der Waals surface area (Å²) in [5, 5.41) is 13.8. The summed E-state index contributed by atoms with van der Waals surface area (Å²) in [7, 11) is 0. The minimum Gasteiger partial charge on any atom is -0.477 e. The van der Waals surface area contributed by atoms with E-state index in [2.05, 4.69) is 15.3 Å². The summed E-state index contributed by atoms with van der Waals surface area (Å²) in [6.07, 6.45) is 0.694. The monoisotopic (exact) mass is 526 g/mol. The van der Waals surface area contributed by atoms with Gasteiger partial charge in [0.1, 0.15) is 10.6 Å². The van der Waals surface area contributed by atoms with Crippen LogP contribution < -0.4 is 16.0 Å². The molecule has 182 valence electrons. The SMILES string of the molecule is Cc1[nH]c(C(=O)N[C@H]2[C@@H]3CN(c4nc(CC(=O)N5CCC(N)C5)c(C(=O)O)s4)C[C@@H]32)c(Cl)c1Cl. The minimum absolute atomic E-state index is 0.0153. The molecule has 0 spiro atoms. The van der Waals surface area contributed by atoms with Crippen molar-refractivity contribution in [2.75, 3.05) is 31.1 Å². The van der Waals surface area contributed by atoms with Crippen LogP contribution in [0.15, 0.2) is 0 Å². The molecule has 2 amide bonds. The van der Waals surface area contributed by atoms with Crippen LogP contribution in [0.3, 0.4) is 0 Å². The second kappa shape index (κ2) is 8.71. The first kappa shape index (κ1) is 23.4. The Hall–Kier alpha value is -2.34. The third-order valence-corrected chi connectivity index (χ3v) is 8.91. The number of aromatic carboxylic acids is 1. The number of halogens is 2. The van der Waals surface area contributed by atoms with Crippen molar-refractivity contribution < 1.29 is 19.5 Å². The van der Waals surface area contributed by atoms with Crippen LogP contribution in [0.1, 0.15) is 38.0 Å². The second-order valence-corrected chi connectivity index (χ2v) is 10.9. The summed E-state index contributed by atoms with van der Waals surface area (Å²) < 4.78 is 0. The molecule has 3 fully saturated rings. The van der Waals surface area contributed by atoms with E-state index in [1.165, 1.54) is 0 Å². The van der Waals surface area contributed by atoms with E-state index in [0.717, 1.165) is 17.8 Å². The number of anilines is 1. The number of carboxylic acid groups (broad SMARTS) is 1. The van der Waals surface area contributed by atoms with E-state index < -0.39 is 5.97 Å². The number of hydrogen-bond acceptors (Lipinski definition) is 7. The standard InChI is InChI=1S/C21H24Cl2N6O4S/c1-8-14(22)15(23)17(25-8)19(31)27-16-10-6-29(7-11(10)16)21-26-12(18(34-21)20(32)33)4-13(30)28-3-2-9(24)5-28/h9-11,16,25H,2-7,24H2,1H3,(H,27,31)(H,32,33)/t9?,10-,11+,16+. The fourth-order valence-electron chi connectivity index (χ4n) is 4.88. The Morgan fingerprint density at radius 2 is 1.94 bits per heavy atom. The van der Waals surface area contributed by atoms with Crippen LogP contribution in [0.5, 0.6) is 0 Å². The number of carbonyl (C=O) groups excluding carboxylic acids is 2. The quantitative estimate of drug-likeness (QED) is 0.448. The van der Waals surface area contributed by atoms with Crippen LogP contribution in [-0.2, 0) is 11.2 Å². The number of nitrogens with one attached hydrogen (secondary N) is 2. The molecule has 1 unspecified atom stereocenters. The molecule has 34 heavy (non-hydrogen) atoms. The number of carbonyl (C=O) groups is 3. The maximum Gasteiger partial charge on any atom is 0.347 e. The van der Waals surface area contributed by atoms with Crippen molar-refractivity contribution >= 4 is 57.5 Å². The average molecular weight is 527 g/mol. The smallest absolute Gasteiger partial charge is 0.347 e. The number of carboxylic acids is 1. The molecule has 0 radical (unpaired) electrons. The summed E-state index contributed by atoms with van der Waals surface area (Å²) in [5.41, 5.74) is 7.06. The molecule has 4 atom stereocenters. The van der Waals surface area contributed by atoms with Gasteiger partial charge in [-0.25, -0.2) is 9.78 Å². The Kier molecular flexibility index (Phi) is 5.99. The predicted octanol–water partition coefficient (Wildman–Crippen LogP) is 1.75. The Morgan fingerprint density at radius 3 is 2.50 bits per heavy atom. The normalized spacial score (nSPS) is 25.5. The number of thiazole rings is 1. The number of nitrogens with two attached hydrogens (primary N) is 1. The summed E-state index contributed by atoms with van der Waals surface area (Å²) in [5.74, 6) is -1.06. The van der Waals surface area contributed by atoms with Crippen molar-refractivity contribution in [2.24, 2.45) is 17.6 Å². The van der Waals surface area contributed by atoms with E-state index >= 15 is 0 Å². The molecule has 2 saturated heterocycles. The van der Waals surface area contributed by atoms with E-state index in [-0.39, 0.29) is 63.4 Å². The van der Waals surface area contributed by atoms with Gasteiger partial charge in [0.05, 0.1) is 22.2 Å². The van der Waals surface area contributed by atoms with Crippen molar-refractivity contribution in [2.45, 2.75) is 31.8 Å². The van der Waals surface area contributed by atoms with Crippen LogP contribution >= 0.6 is 34.5 Å². The highest BCUT2D eigenvalue weighted by Crippen LogP contribution is 2.48. The summed E-state index contributed by atoms with van der Waals surface area (Å²) in [6.45, 7) is 4.11. The van der Waals surface area contributed by atoms with Crippen molar-refractivity contribution in [3.63, 3.8) is 0 Å². The number of aromatic nitrogens is 2. The highest BCUT2D eigenvalue weighted by molar-refractivity contribution is 7.17. The lowest BCUT2D eigenvalue weighted by molar-refractivity contribution is -0.129. The molecule has 13 heteroatoms. The molecule has 1 saturated carbocycles. The number of fused-ring (bicyclic) bond motifs is 1. The van der Waals surface area contributed by atoms with Crippen molar-refractivity contribution in [1.29, 1.82) is 0 Å². The van der Waals surface area contributed by atoms with Gasteiger partial charge in [-0.3, -0.25) is 9.59 Å². The number of rotatable bonds is 6. The van der Waals surface area contributed by atoms with Crippen LogP contribution in [-0.4, -0.2) is 76.0 Å². The summed E-state index contributed by atoms with van der Waals surface area (Å²) in [6, 6.07) is -0.0192. The van der Waals surface area contributed by atoms with Crippen molar-refractivity contribution in [3.05, 3.63) is 32.0 Å². The fourth-order valence-corrected chi connectivity index (χ4v) is 6.23. The van der Waals surface area contributed by atoms with Crippen LogP contribution in [0.25, 0.3) is 0 Å². The fraction of sp³-hybridized carbons (Fsp3) is 0.524. The van der Waals surface area contributed by atoms with E-state index in [1.54, 1.807) is 11.8 Å². The molecule has 2 aromatic rings. The van der Waals surface area contributed by atoms with E-state index in [4.69, 9.17) is 28.9 Å². The lowest BCUT2D eigenvalue weighted by Crippen LogP contribution is -2.35. The first-order valence-corrected chi connectivity index (χ1v) is 12.6. The average Bonchev–Trinajstić information content (AvgIpc) is 3.31. The van der Waals surface area contributed by atoms with Crippen LogP contribution in [0.2, 0.25) is 10.0 Å². The van der Waals surface area contributed by atoms with Crippen molar-refractivity contribution in [1.82, 2.24) is 20.2 Å². The van der Waals surface area contributed by atoms with Crippen LogP contribution in [0.4, 0.5) is 5.13 Å². The highest BCUT2D eigenvalue weighted by Gasteiger charge is 2.57. The number of H-pyrrole nitrogens is 1. The topological polar surface area (TPSA) is 145 Å². The van der Waals surface area contributed by atoms with E-state index in [1.807, 2.05) is 4.90 Å². The zero-order chi connectivity index (χ0) is 24.3. The van der Waals surface area contributed by atoms with Gasteiger partial charge in [0, 0.05) is 55.8 Å². The first-order chi connectivity index (χ1) is 16.1. The van der Waals surface area contributed by atoms with Gasteiger partial charge in [0.25, 0.3) is 5.91 Å². The maximum absolute atomic E-state index is 12.6. The number of likely N-dealkylation sites (tertiary alicyclic amines) is 1. The summed E-state index contributed by atoms with van der Waals surface area (Å²) >= 11 is 13.3. The number of aryl methyl sites for hydroxylation is 1. The van der Waals surface area contributed by atoms with Gasteiger partial charge < -0.3 is 30.9 Å². The highest BCUT2D eigenvalue weighted by atomic mass is 35.5. The number of aromatic amines is 1. The Balaban J connectivity index is 1.22. The Morgan fingerprint density at radius 1 is 1.24 bits per heavy atom. The molecule has 0 bridgehead atoms. The van der Waals surface area contributed by atoms with Gasteiger partial charge in [-0.1, -0.05) is 34.5 Å². The van der Waals surface area contributed by atoms with E-state index in [0.29, 0.717) is 42.0 Å². The molecule has 5 N–H and O–H groups in total. The Labute approximate surface area is 209 Å². The third kappa shape index (κ3) is 4.15. The van der Waals surface area contributed by atoms with Gasteiger partial charge in [0.2, 0.25) is 5.91 Å². The first-order valence-electron chi connectivity index (χ1n) is 11.0. The minimum atomic E-state index is -1.09. The number of piperidine rings is 1. The summed E-state index contributed by atoms with van der Waals surface area (Å²) in [4.78, 5) is 48.2. The molecule has 10 nitrogen and oxygen atoms in total. The lowest BCUT2D eigenvalue weighted by atomic mass is 10.2. The third-order valence-electron chi connectivity index (χ3n) is 6.82. The molecule has 1 aliphatic carbocycles. The molecule has 3 aliphatic rings. The number of hydrogen-bond donors (Lipinski definition) is 4. The second-order valence-electron chi connectivity index (χ2n) is 9.13. The molecule has 4 heterocycles. The Bertz CT molecular complexity index is 1170. The molecule has 2 aliphatic heterocycles. The van der Waals surface area contributed by atoms with Gasteiger partial charge in [-0.2, -0.15) is 0 Å². The zero-order valence-corrected chi connectivity index (χ0v) is 20.6. The molecule has 0 aromatic carbocycles.